The zero-order valence-electron chi connectivity index (χ0n) is 15.3. The van der Waals surface area contributed by atoms with Gasteiger partial charge in [0, 0.05) is 11.3 Å². The minimum Gasteiger partial charge on any atom is -0.493 e. The van der Waals surface area contributed by atoms with Gasteiger partial charge in [0.25, 0.3) is 5.91 Å². The van der Waals surface area contributed by atoms with Crippen LogP contribution in [0.3, 0.4) is 0 Å². The third-order valence-corrected chi connectivity index (χ3v) is 5.21. The number of aryl methyl sites for hydroxylation is 1. The second-order valence-electron chi connectivity index (χ2n) is 5.82. The summed E-state index contributed by atoms with van der Waals surface area (Å²) >= 11 is 1.31. The first-order valence-corrected chi connectivity index (χ1v) is 9.08. The van der Waals surface area contributed by atoms with Gasteiger partial charge in [-0.05, 0) is 42.8 Å². The molecule has 140 valence electrons. The molecule has 0 aliphatic rings. The number of hydrogen-bond acceptors (Lipinski definition) is 6. The number of nitrogens with zero attached hydrogens (tertiary/aromatic N) is 1. The van der Waals surface area contributed by atoms with E-state index in [4.69, 9.17) is 9.47 Å². The highest BCUT2D eigenvalue weighted by atomic mass is 32.1. The molecule has 6 nitrogen and oxygen atoms in total. The summed E-state index contributed by atoms with van der Waals surface area (Å²) in [5.74, 6) is 1.01. The number of aliphatic hydroxyl groups is 1. The van der Waals surface area contributed by atoms with Crippen molar-refractivity contribution in [1.82, 2.24) is 4.98 Å². The zero-order chi connectivity index (χ0) is 19.4. The largest absolute Gasteiger partial charge is 0.493 e. The monoisotopic (exact) mass is 384 g/mol. The van der Waals surface area contributed by atoms with Crippen molar-refractivity contribution in [3.05, 3.63) is 58.6 Å². The molecule has 0 bridgehead atoms. The lowest BCUT2D eigenvalue weighted by Crippen LogP contribution is -2.11. The first kappa shape index (κ1) is 18.9. The number of thiazole rings is 1. The number of benzene rings is 2. The van der Waals surface area contributed by atoms with Gasteiger partial charge in [0.1, 0.15) is 9.88 Å². The van der Waals surface area contributed by atoms with E-state index in [2.05, 4.69) is 10.3 Å². The molecule has 7 heteroatoms. The number of carbonyl (C=O) groups excluding carboxylic acids is 1. The highest BCUT2D eigenvalue weighted by Gasteiger charge is 2.17. The normalized spacial score (nSPS) is 10.5. The Morgan fingerprint density at radius 1 is 1.15 bits per heavy atom. The predicted molar refractivity (Wildman–Crippen MR) is 106 cm³/mol. The van der Waals surface area contributed by atoms with Crippen LogP contribution in [-0.2, 0) is 6.61 Å². The molecule has 0 aliphatic carbocycles. The van der Waals surface area contributed by atoms with Gasteiger partial charge < -0.3 is 19.9 Å². The predicted octanol–water partition coefficient (Wildman–Crippen LogP) is 3.88. The molecule has 2 aromatic carbocycles. The van der Waals surface area contributed by atoms with Crippen molar-refractivity contribution in [1.29, 1.82) is 0 Å². The molecule has 0 fully saturated rings. The summed E-state index contributed by atoms with van der Waals surface area (Å²) in [6.45, 7) is 1.73. The Labute approximate surface area is 161 Å². The molecule has 0 atom stereocenters. The van der Waals surface area contributed by atoms with Gasteiger partial charge in [-0.15, -0.1) is 11.3 Å². The SMILES string of the molecule is COc1ccc(-c2nc(C)c(C(=O)Nc3cccc(CO)c3)s2)cc1OC. The summed E-state index contributed by atoms with van der Waals surface area (Å²) in [5.41, 5.74) is 2.87. The van der Waals surface area contributed by atoms with Crippen LogP contribution in [0.1, 0.15) is 20.9 Å². The van der Waals surface area contributed by atoms with Crippen molar-refractivity contribution in [3.63, 3.8) is 0 Å². The molecule has 1 heterocycles. The van der Waals surface area contributed by atoms with E-state index in [0.29, 0.717) is 27.8 Å². The van der Waals surface area contributed by atoms with Crippen LogP contribution in [-0.4, -0.2) is 30.2 Å². The number of anilines is 1. The number of nitrogens with one attached hydrogen (secondary N) is 1. The van der Waals surface area contributed by atoms with Gasteiger partial charge in [-0.2, -0.15) is 0 Å². The van der Waals surface area contributed by atoms with Crippen molar-refractivity contribution in [2.45, 2.75) is 13.5 Å². The van der Waals surface area contributed by atoms with Crippen LogP contribution in [0.5, 0.6) is 11.5 Å². The number of rotatable bonds is 6. The third-order valence-electron chi connectivity index (χ3n) is 4.00. The second kappa shape index (κ2) is 8.20. The Balaban J connectivity index is 1.86. The Hall–Kier alpha value is -2.90. The van der Waals surface area contributed by atoms with Crippen LogP contribution in [0, 0.1) is 6.92 Å². The van der Waals surface area contributed by atoms with Gasteiger partial charge in [0.05, 0.1) is 26.5 Å². The Morgan fingerprint density at radius 3 is 2.63 bits per heavy atom. The van der Waals surface area contributed by atoms with Gasteiger partial charge in [-0.25, -0.2) is 4.98 Å². The molecule has 1 amide bonds. The van der Waals surface area contributed by atoms with Crippen molar-refractivity contribution in [3.8, 4) is 22.1 Å². The first-order chi connectivity index (χ1) is 13.0. The van der Waals surface area contributed by atoms with Crippen molar-refractivity contribution in [2.75, 3.05) is 19.5 Å². The number of hydrogen-bond donors (Lipinski definition) is 2. The maximum absolute atomic E-state index is 12.7. The van der Waals surface area contributed by atoms with Crippen LogP contribution >= 0.6 is 11.3 Å². The molecule has 3 rings (SSSR count). The van der Waals surface area contributed by atoms with E-state index in [1.165, 1.54) is 11.3 Å². The van der Waals surface area contributed by atoms with E-state index < -0.39 is 0 Å². The molecular formula is C20H20N2O4S. The van der Waals surface area contributed by atoms with Crippen LogP contribution in [0.15, 0.2) is 42.5 Å². The molecule has 0 unspecified atom stereocenters. The second-order valence-corrected chi connectivity index (χ2v) is 6.82. The molecule has 0 spiro atoms. The summed E-state index contributed by atoms with van der Waals surface area (Å²) in [7, 11) is 3.16. The Kier molecular flexibility index (Phi) is 5.73. The van der Waals surface area contributed by atoms with E-state index >= 15 is 0 Å². The quantitative estimate of drug-likeness (QED) is 0.674. The molecular weight excluding hydrogens is 364 g/mol. The number of amides is 1. The smallest absolute Gasteiger partial charge is 0.267 e. The van der Waals surface area contributed by atoms with Crippen LogP contribution in [0.4, 0.5) is 5.69 Å². The third kappa shape index (κ3) is 4.10. The van der Waals surface area contributed by atoms with Gasteiger partial charge >= 0.3 is 0 Å². The summed E-state index contributed by atoms with van der Waals surface area (Å²) in [5, 5.41) is 12.8. The van der Waals surface area contributed by atoms with E-state index in [1.54, 1.807) is 45.4 Å². The molecule has 1 aromatic heterocycles. The van der Waals surface area contributed by atoms with E-state index in [1.807, 2.05) is 18.2 Å². The standard InChI is InChI=1S/C20H20N2O4S/c1-12-18(19(24)22-15-6-4-5-13(9-15)11-23)27-20(21-12)14-7-8-16(25-2)17(10-14)26-3/h4-10,23H,11H2,1-3H3,(H,22,24). The van der Waals surface area contributed by atoms with Crippen LogP contribution in [0.25, 0.3) is 10.6 Å². The number of carbonyl (C=O) groups is 1. The minimum absolute atomic E-state index is 0.0766. The Morgan fingerprint density at radius 2 is 1.93 bits per heavy atom. The van der Waals surface area contributed by atoms with Gasteiger partial charge in [0.15, 0.2) is 11.5 Å². The van der Waals surface area contributed by atoms with E-state index in [-0.39, 0.29) is 12.5 Å². The van der Waals surface area contributed by atoms with Crippen LogP contribution in [0.2, 0.25) is 0 Å². The molecule has 3 aromatic rings. The summed E-state index contributed by atoms with van der Waals surface area (Å²) < 4.78 is 10.6. The van der Waals surface area contributed by atoms with Crippen molar-refractivity contribution >= 4 is 22.9 Å². The van der Waals surface area contributed by atoms with Crippen LogP contribution < -0.4 is 14.8 Å². The molecule has 2 N–H and O–H groups in total. The summed E-state index contributed by atoms with van der Waals surface area (Å²) in [6.07, 6.45) is 0. The van der Waals surface area contributed by atoms with Crippen molar-refractivity contribution in [2.24, 2.45) is 0 Å². The van der Waals surface area contributed by atoms with Gasteiger partial charge in [-0.3, -0.25) is 4.79 Å². The highest BCUT2D eigenvalue weighted by molar-refractivity contribution is 7.17. The number of methoxy groups -OCH3 is 2. The maximum Gasteiger partial charge on any atom is 0.267 e. The first-order valence-electron chi connectivity index (χ1n) is 8.26. The lowest BCUT2D eigenvalue weighted by molar-refractivity contribution is 0.103. The molecule has 0 saturated heterocycles. The fourth-order valence-corrected chi connectivity index (χ4v) is 3.59. The lowest BCUT2D eigenvalue weighted by atomic mass is 10.2. The average molecular weight is 384 g/mol. The maximum atomic E-state index is 12.7. The molecule has 27 heavy (non-hydrogen) atoms. The number of aliphatic hydroxyl groups excluding tert-OH is 1. The molecule has 0 aliphatic heterocycles. The fourth-order valence-electron chi connectivity index (χ4n) is 2.64. The number of ether oxygens (including phenoxy) is 2. The Bertz CT molecular complexity index is 968. The van der Waals surface area contributed by atoms with Crippen molar-refractivity contribution < 1.29 is 19.4 Å². The average Bonchev–Trinajstić information content (AvgIpc) is 3.09. The van der Waals surface area contributed by atoms with E-state index in [9.17, 15) is 9.90 Å². The zero-order valence-corrected chi connectivity index (χ0v) is 16.1. The molecule has 0 radical (unpaired) electrons. The lowest BCUT2D eigenvalue weighted by Gasteiger charge is -2.08. The van der Waals surface area contributed by atoms with E-state index in [0.717, 1.165) is 16.1 Å². The summed E-state index contributed by atoms with van der Waals surface area (Å²) in [4.78, 5) is 17.7. The fraction of sp³-hybridized carbons (Fsp3) is 0.200. The number of aromatic nitrogens is 1. The summed E-state index contributed by atoms with van der Waals surface area (Å²) in [6, 6.07) is 12.6. The minimum atomic E-state index is -0.230. The molecule has 0 saturated carbocycles. The van der Waals surface area contributed by atoms with Gasteiger partial charge in [-0.1, -0.05) is 12.1 Å². The highest BCUT2D eigenvalue weighted by Crippen LogP contribution is 2.35. The topological polar surface area (TPSA) is 80.7 Å². The van der Waals surface area contributed by atoms with Gasteiger partial charge in [0.2, 0.25) is 0 Å².